The van der Waals surface area contributed by atoms with Gasteiger partial charge in [-0.25, -0.2) is 4.79 Å². The molecule has 78 valence electrons. The topological polar surface area (TPSA) is 54.4 Å². The van der Waals surface area contributed by atoms with Crippen LogP contribution in [-0.2, 0) is 4.79 Å². The van der Waals surface area contributed by atoms with Crippen LogP contribution in [0.4, 0.5) is 0 Å². The Bertz CT molecular complexity index is 435. The van der Waals surface area contributed by atoms with Gasteiger partial charge in [0, 0.05) is 11.6 Å². The van der Waals surface area contributed by atoms with Crippen molar-refractivity contribution in [3.63, 3.8) is 0 Å². The fraction of sp³-hybridized carbons (Fsp3) is 0.0909. The standard InChI is InChI=1S/C11H9ClO3/c1-7-2-3-9(12)8(6-7)10(13)4-5-11(14)15/h2-6H,1H3,(H,14,15)/b5-4+. The van der Waals surface area contributed by atoms with E-state index < -0.39 is 11.8 Å². The molecule has 0 atom stereocenters. The minimum Gasteiger partial charge on any atom is -0.478 e. The predicted molar refractivity (Wildman–Crippen MR) is 57.3 cm³/mol. The van der Waals surface area contributed by atoms with E-state index in [0.29, 0.717) is 10.6 Å². The summed E-state index contributed by atoms with van der Waals surface area (Å²) in [7, 11) is 0. The number of halogens is 1. The van der Waals surface area contributed by atoms with Crippen LogP contribution >= 0.6 is 11.6 Å². The SMILES string of the molecule is Cc1ccc(Cl)c(C(=O)/C=C/C(=O)O)c1. The molecule has 0 radical (unpaired) electrons. The number of carboxylic acid groups (broad SMARTS) is 1. The van der Waals surface area contributed by atoms with E-state index in [1.165, 1.54) is 0 Å². The van der Waals surface area contributed by atoms with Crippen molar-refractivity contribution < 1.29 is 14.7 Å². The molecule has 0 saturated heterocycles. The monoisotopic (exact) mass is 224 g/mol. The number of hydrogen-bond donors (Lipinski definition) is 1. The van der Waals surface area contributed by atoms with Crippen molar-refractivity contribution in [3.8, 4) is 0 Å². The van der Waals surface area contributed by atoms with Crippen LogP contribution in [0.15, 0.2) is 30.4 Å². The summed E-state index contributed by atoms with van der Waals surface area (Å²) >= 11 is 5.80. The maximum atomic E-state index is 11.5. The van der Waals surface area contributed by atoms with Crippen molar-refractivity contribution in [1.82, 2.24) is 0 Å². The van der Waals surface area contributed by atoms with Crippen LogP contribution in [0.2, 0.25) is 5.02 Å². The maximum absolute atomic E-state index is 11.5. The fourth-order valence-corrected chi connectivity index (χ4v) is 1.28. The lowest BCUT2D eigenvalue weighted by atomic mass is 10.1. The smallest absolute Gasteiger partial charge is 0.328 e. The van der Waals surface area contributed by atoms with Crippen molar-refractivity contribution in [3.05, 3.63) is 46.5 Å². The molecule has 1 aromatic rings. The largest absolute Gasteiger partial charge is 0.478 e. The van der Waals surface area contributed by atoms with Gasteiger partial charge in [0.1, 0.15) is 0 Å². The van der Waals surface area contributed by atoms with Gasteiger partial charge in [0.2, 0.25) is 0 Å². The minimum atomic E-state index is -1.16. The number of allylic oxidation sites excluding steroid dienone is 1. The first-order valence-corrected chi connectivity index (χ1v) is 4.60. The highest BCUT2D eigenvalue weighted by atomic mass is 35.5. The molecule has 0 fully saturated rings. The molecule has 0 aliphatic rings. The molecule has 4 heteroatoms. The van der Waals surface area contributed by atoms with Crippen LogP contribution in [0, 0.1) is 6.92 Å². The number of aryl methyl sites for hydroxylation is 1. The highest BCUT2D eigenvalue weighted by Crippen LogP contribution is 2.18. The van der Waals surface area contributed by atoms with E-state index in [2.05, 4.69) is 0 Å². The molecule has 0 bridgehead atoms. The average molecular weight is 225 g/mol. The van der Waals surface area contributed by atoms with Gasteiger partial charge in [-0.1, -0.05) is 23.2 Å². The highest BCUT2D eigenvalue weighted by Gasteiger charge is 2.07. The van der Waals surface area contributed by atoms with Crippen molar-refractivity contribution in [1.29, 1.82) is 0 Å². The first kappa shape index (κ1) is 11.5. The normalized spacial score (nSPS) is 10.5. The zero-order chi connectivity index (χ0) is 11.4. The van der Waals surface area contributed by atoms with Gasteiger partial charge in [-0.2, -0.15) is 0 Å². The van der Waals surface area contributed by atoms with Gasteiger partial charge >= 0.3 is 5.97 Å². The molecule has 3 nitrogen and oxygen atoms in total. The first-order valence-electron chi connectivity index (χ1n) is 4.22. The Morgan fingerprint density at radius 3 is 2.60 bits per heavy atom. The van der Waals surface area contributed by atoms with E-state index in [-0.39, 0.29) is 0 Å². The van der Waals surface area contributed by atoms with Crippen LogP contribution < -0.4 is 0 Å². The quantitative estimate of drug-likeness (QED) is 0.634. The molecular weight excluding hydrogens is 216 g/mol. The van der Waals surface area contributed by atoms with Crippen molar-refractivity contribution in [2.45, 2.75) is 6.92 Å². The summed E-state index contributed by atoms with van der Waals surface area (Å²) < 4.78 is 0. The first-order chi connectivity index (χ1) is 7.00. The van der Waals surface area contributed by atoms with E-state index >= 15 is 0 Å². The number of aliphatic carboxylic acids is 1. The third-order valence-corrected chi connectivity index (χ3v) is 2.09. The third kappa shape index (κ3) is 3.22. The molecule has 0 aliphatic carbocycles. The molecule has 1 aromatic carbocycles. The Hall–Kier alpha value is -1.61. The Labute approximate surface area is 92.0 Å². The molecule has 0 saturated carbocycles. The van der Waals surface area contributed by atoms with Gasteiger partial charge in [0.05, 0.1) is 5.02 Å². The summed E-state index contributed by atoms with van der Waals surface area (Å²) in [5, 5.41) is 8.68. The van der Waals surface area contributed by atoms with Gasteiger partial charge in [-0.3, -0.25) is 4.79 Å². The fourth-order valence-electron chi connectivity index (χ4n) is 1.06. The number of hydrogen-bond acceptors (Lipinski definition) is 2. The van der Waals surface area contributed by atoms with E-state index in [0.717, 1.165) is 17.7 Å². The van der Waals surface area contributed by atoms with Gasteiger partial charge in [0.15, 0.2) is 5.78 Å². The van der Waals surface area contributed by atoms with Crippen molar-refractivity contribution in [2.75, 3.05) is 0 Å². The van der Waals surface area contributed by atoms with Gasteiger partial charge in [-0.15, -0.1) is 0 Å². The Kier molecular flexibility index (Phi) is 3.63. The summed E-state index contributed by atoms with van der Waals surface area (Å²) in [5.41, 5.74) is 1.21. The molecule has 0 amide bonds. The second-order valence-corrected chi connectivity index (χ2v) is 3.43. The molecule has 0 aromatic heterocycles. The van der Waals surface area contributed by atoms with E-state index in [4.69, 9.17) is 16.7 Å². The zero-order valence-electron chi connectivity index (χ0n) is 8.03. The Morgan fingerprint density at radius 1 is 1.33 bits per heavy atom. The van der Waals surface area contributed by atoms with Crippen LogP contribution in [0.25, 0.3) is 0 Å². The number of carbonyl (C=O) groups is 2. The third-order valence-electron chi connectivity index (χ3n) is 1.76. The second-order valence-electron chi connectivity index (χ2n) is 3.02. The summed E-state index contributed by atoms with van der Waals surface area (Å²) in [6.07, 6.45) is 1.78. The van der Waals surface area contributed by atoms with Crippen LogP contribution in [0.3, 0.4) is 0 Å². The number of benzene rings is 1. The summed E-state index contributed by atoms with van der Waals surface area (Å²) in [5.74, 6) is -1.57. The summed E-state index contributed by atoms with van der Waals surface area (Å²) in [6, 6.07) is 5.01. The van der Waals surface area contributed by atoms with E-state index in [1.807, 2.05) is 6.92 Å². The molecule has 15 heavy (non-hydrogen) atoms. The second kappa shape index (κ2) is 4.75. The molecular formula is C11H9ClO3. The molecule has 0 heterocycles. The van der Waals surface area contributed by atoms with E-state index in [9.17, 15) is 9.59 Å². The van der Waals surface area contributed by atoms with Gasteiger partial charge in [-0.05, 0) is 25.1 Å². The van der Waals surface area contributed by atoms with Crippen molar-refractivity contribution >= 4 is 23.4 Å². The molecule has 1 N–H and O–H groups in total. The summed E-state index contributed by atoms with van der Waals surface area (Å²) in [4.78, 5) is 21.7. The number of ketones is 1. The van der Waals surface area contributed by atoms with Crippen LogP contribution in [0.5, 0.6) is 0 Å². The van der Waals surface area contributed by atoms with Crippen molar-refractivity contribution in [2.24, 2.45) is 0 Å². The van der Waals surface area contributed by atoms with E-state index in [1.54, 1.807) is 18.2 Å². The average Bonchev–Trinajstić information content (AvgIpc) is 2.18. The molecule has 0 unspecified atom stereocenters. The highest BCUT2D eigenvalue weighted by molar-refractivity contribution is 6.34. The number of carboxylic acids is 1. The lowest BCUT2D eigenvalue weighted by Gasteiger charge is -2.00. The molecule has 1 rings (SSSR count). The predicted octanol–water partition coefficient (Wildman–Crippen LogP) is 2.47. The Morgan fingerprint density at radius 2 is 2.00 bits per heavy atom. The molecule has 0 spiro atoms. The van der Waals surface area contributed by atoms with Crippen LogP contribution in [0.1, 0.15) is 15.9 Å². The van der Waals surface area contributed by atoms with Gasteiger partial charge in [0.25, 0.3) is 0 Å². The zero-order valence-corrected chi connectivity index (χ0v) is 8.78. The Balaban J connectivity index is 3.01. The lowest BCUT2D eigenvalue weighted by molar-refractivity contribution is -0.131. The molecule has 0 aliphatic heterocycles. The number of carbonyl (C=O) groups excluding carboxylic acids is 1. The maximum Gasteiger partial charge on any atom is 0.328 e. The van der Waals surface area contributed by atoms with Crippen LogP contribution in [-0.4, -0.2) is 16.9 Å². The summed E-state index contributed by atoms with van der Waals surface area (Å²) in [6.45, 7) is 1.83. The minimum absolute atomic E-state index is 0.314. The van der Waals surface area contributed by atoms with Gasteiger partial charge < -0.3 is 5.11 Å². The lowest BCUT2D eigenvalue weighted by Crippen LogP contribution is -1.98. The number of rotatable bonds is 3.